The fraction of sp³-hybridized carbons (Fsp3) is 0.833. The van der Waals surface area contributed by atoms with Gasteiger partial charge in [0.1, 0.15) is 6.10 Å². The van der Waals surface area contributed by atoms with E-state index in [1.165, 1.54) is 0 Å². The molecule has 2 N–H and O–H groups in total. The van der Waals surface area contributed by atoms with Crippen molar-refractivity contribution in [1.29, 1.82) is 0 Å². The minimum atomic E-state index is -0.667. The first-order valence-corrected chi connectivity index (χ1v) is 3.33. The summed E-state index contributed by atoms with van der Waals surface area (Å²) >= 11 is 0. The van der Waals surface area contributed by atoms with E-state index >= 15 is 0 Å². The van der Waals surface area contributed by atoms with Crippen LogP contribution in [0.25, 0.3) is 0 Å². The van der Waals surface area contributed by atoms with Gasteiger partial charge in [0.2, 0.25) is 0 Å². The maximum Gasteiger partial charge on any atom is 0.404 e. The Bertz CT molecular complexity index is 160. The van der Waals surface area contributed by atoms with E-state index in [9.17, 15) is 4.79 Å². The molecule has 0 spiro atoms. The number of nitrogens with two attached hydrogens (primary N) is 1. The highest BCUT2D eigenvalue weighted by Gasteiger charge is 2.56. The van der Waals surface area contributed by atoms with Crippen molar-refractivity contribution in [2.75, 3.05) is 13.2 Å². The molecule has 0 aromatic heterocycles. The first-order valence-electron chi connectivity index (χ1n) is 3.33. The van der Waals surface area contributed by atoms with Crippen LogP contribution in [0.5, 0.6) is 0 Å². The number of fused-ring (bicyclic) bond motifs is 1. The number of primary amides is 1. The third-order valence-corrected chi connectivity index (χ3v) is 2.13. The fourth-order valence-electron chi connectivity index (χ4n) is 1.50. The van der Waals surface area contributed by atoms with Crippen LogP contribution >= 0.6 is 0 Å². The lowest BCUT2D eigenvalue weighted by molar-refractivity contribution is 0.0877. The van der Waals surface area contributed by atoms with E-state index in [-0.39, 0.29) is 6.10 Å². The van der Waals surface area contributed by atoms with Gasteiger partial charge in [-0.25, -0.2) is 4.79 Å². The molecule has 1 amide bonds. The van der Waals surface area contributed by atoms with E-state index in [0.29, 0.717) is 11.8 Å². The number of rotatable bonds is 1. The first kappa shape index (κ1) is 5.97. The van der Waals surface area contributed by atoms with Gasteiger partial charge in [0.15, 0.2) is 0 Å². The summed E-state index contributed by atoms with van der Waals surface area (Å²) in [5.74, 6) is 0.875. The normalized spacial score (nSPS) is 42.6. The lowest BCUT2D eigenvalue weighted by Crippen LogP contribution is -2.18. The van der Waals surface area contributed by atoms with Gasteiger partial charge in [-0.3, -0.25) is 0 Å². The molecule has 0 aromatic rings. The molecular weight excluding hydrogens is 134 g/mol. The smallest absolute Gasteiger partial charge is 0.404 e. The highest BCUT2D eigenvalue weighted by Crippen LogP contribution is 2.46. The van der Waals surface area contributed by atoms with Gasteiger partial charge in [-0.2, -0.15) is 0 Å². The van der Waals surface area contributed by atoms with Crippen LogP contribution in [0.1, 0.15) is 0 Å². The van der Waals surface area contributed by atoms with Gasteiger partial charge >= 0.3 is 6.09 Å². The van der Waals surface area contributed by atoms with Crippen LogP contribution in [0.4, 0.5) is 4.79 Å². The molecule has 1 heterocycles. The third-order valence-electron chi connectivity index (χ3n) is 2.13. The molecule has 56 valence electrons. The number of ether oxygens (including phenoxy) is 2. The lowest BCUT2D eigenvalue weighted by Gasteiger charge is -2.02. The second-order valence-electron chi connectivity index (χ2n) is 2.77. The summed E-state index contributed by atoms with van der Waals surface area (Å²) in [6.07, 6.45) is -0.606. The SMILES string of the molecule is NC(=O)OC1C2COCC21. The van der Waals surface area contributed by atoms with Crippen molar-refractivity contribution >= 4 is 6.09 Å². The Morgan fingerprint density at radius 2 is 2.10 bits per heavy atom. The summed E-state index contributed by atoms with van der Waals surface area (Å²) in [6.45, 7) is 1.45. The Morgan fingerprint density at radius 1 is 1.50 bits per heavy atom. The Balaban J connectivity index is 1.84. The standard InChI is InChI=1S/C6H9NO3/c7-6(8)10-5-3-1-9-2-4(3)5/h3-5H,1-2H2,(H2,7,8). The van der Waals surface area contributed by atoms with Gasteiger partial charge in [-0.05, 0) is 0 Å². The number of carbonyl (C=O) groups excluding carboxylic acids is 1. The van der Waals surface area contributed by atoms with Gasteiger partial charge in [-0.1, -0.05) is 0 Å². The van der Waals surface area contributed by atoms with Crippen LogP contribution in [0.15, 0.2) is 0 Å². The zero-order chi connectivity index (χ0) is 7.14. The highest BCUT2D eigenvalue weighted by atomic mass is 16.6. The molecule has 2 fully saturated rings. The van der Waals surface area contributed by atoms with Crippen molar-refractivity contribution in [3.05, 3.63) is 0 Å². The minimum absolute atomic E-state index is 0.0613. The van der Waals surface area contributed by atoms with Gasteiger partial charge in [0.05, 0.1) is 13.2 Å². The Morgan fingerprint density at radius 3 is 2.60 bits per heavy atom. The molecule has 0 aromatic carbocycles. The molecule has 2 unspecified atom stereocenters. The second-order valence-corrected chi connectivity index (χ2v) is 2.77. The van der Waals surface area contributed by atoms with Gasteiger partial charge in [0, 0.05) is 11.8 Å². The maximum absolute atomic E-state index is 10.2. The van der Waals surface area contributed by atoms with Crippen LogP contribution in [0.3, 0.4) is 0 Å². The van der Waals surface area contributed by atoms with Crippen LogP contribution in [0, 0.1) is 11.8 Å². The summed E-state index contributed by atoms with van der Waals surface area (Å²) in [7, 11) is 0. The summed E-state index contributed by atoms with van der Waals surface area (Å²) in [4.78, 5) is 10.2. The van der Waals surface area contributed by atoms with Crippen molar-refractivity contribution < 1.29 is 14.3 Å². The molecule has 2 atom stereocenters. The van der Waals surface area contributed by atoms with Crippen LogP contribution < -0.4 is 5.73 Å². The number of hydrogen-bond acceptors (Lipinski definition) is 3. The van der Waals surface area contributed by atoms with E-state index in [4.69, 9.17) is 15.2 Å². The molecule has 1 saturated heterocycles. The van der Waals surface area contributed by atoms with E-state index in [1.807, 2.05) is 0 Å². The number of hydrogen-bond donors (Lipinski definition) is 1. The van der Waals surface area contributed by atoms with E-state index in [2.05, 4.69) is 0 Å². The van der Waals surface area contributed by atoms with Crippen molar-refractivity contribution in [2.24, 2.45) is 17.6 Å². The summed E-state index contributed by atoms with van der Waals surface area (Å²) in [6, 6.07) is 0. The van der Waals surface area contributed by atoms with E-state index < -0.39 is 6.09 Å². The predicted molar refractivity (Wildman–Crippen MR) is 32.3 cm³/mol. The summed E-state index contributed by atoms with van der Waals surface area (Å²) in [5.41, 5.74) is 4.83. The van der Waals surface area contributed by atoms with Crippen molar-refractivity contribution in [2.45, 2.75) is 6.10 Å². The van der Waals surface area contributed by atoms with Crippen molar-refractivity contribution in [3.63, 3.8) is 0 Å². The van der Waals surface area contributed by atoms with Crippen LogP contribution in [0.2, 0.25) is 0 Å². The largest absolute Gasteiger partial charge is 0.446 e. The monoisotopic (exact) mass is 143 g/mol. The molecule has 1 aliphatic heterocycles. The predicted octanol–water partition coefficient (Wildman–Crippen LogP) is -0.274. The van der Waals surface area contributed by atoms with Gasteiger partial charge < -0.3 is 15.2 Å². The van der Waals surface area contributed by atoms with Crippen LogP contribution in [-0.4, -0.2) is 25.4 Å². The molecule has 1 saturated carbocycles. The lowest BCUT2D eigenvalue weighted by atomic mass is 10.4. The molecule has 1 aliphatic carbocycles. The summed E-state index contributed by atoms with van der Waals surface area (Å²) in [5, 5.41) is 0. The summed E-state index contributed by atoms with van der Waals surface area (Å²) < 4.78 is 9.87. The second kappa shape index (κ2) is 1.85. The zero-order valence-electron chi connectivity index (χ0n) is 5.45. The average molecular weight is 143 g/mol. The number of carbonyl (C=O) groups is 1. The fourth-order valence-corrected chi connectivity index (χ4v) is 1.50. The van der Waals surface area contributed by atoms with Gasteiger partial charge in [0.25, 0.3) is 0 Å². The zero-order valence-corrected chi connectivity index (χ0v) is 5.45. The Hall–Kier alpha value is -0.770. The van der Waals surface area contributed by atoms with E-state index in [0.717, 1.165) is 13.2 Å². The van der Waals surface area contributed by atoms with Crippen LogP contribution in [-0.2, 0) is 9.47 Å². The topological polar surface area (TPSA) is 61.6 Å². The molecule has 0 bridgehead atoms. The molecule has 4 heteroatoms. The molecule has 2 aliphatic rings. The third kappa shape index (κ3) is 0.759. The average Bonchev–Trinajstić information content (AvgIpc) is 2.40. The van der Waals surface area contributed by atoms with E-state index in [1.54, 1.807) is 0 Å². The Labute approximate surface area is 58.3 Å². The number of amides is 1. The van der Waals surface area contributed by atoms with Crippen molar-refractivity contribution in [1.82, 2.24) is 0 Å². The first-order chi connectivity index (χ1) is 4.79. The quantitative estimate of drug-likeness (QED) is 0.549. The molecule has 4 nitrogen and oxygen atoms in total. The highest BCUT2D eigenvalue weighted by molar-refractivity contribution is 5.65. The molecule has 10 heavy (non-hydrogen) atoms. The maximum atomic E-state index is 10.2. The van der Waals surface area contributed by atoms with Gasteiger partial charge in [-0.15, -0.1) is 0 Å². The molecule has 0 radical (unpaired) electrons. The molecule has 2 rings (SSSR count). The molecular formula is C6H9NO3. The van der Waals surface area contributed by atoms with Crippen molar-refractivity contribution in [3.8, 4) is 0 Å². The Kier molecular flexibility index (Phi) is 1.11. The minimum Gasteiger partial charge on any atom is -0.446 e.